The lowest BCUT2D eigenvalue weighted by Gasteiger charge is -2.32. The Balaban J connectivity index is 1.43. The normalized spacial score (nSPS) is 27.2. The topological polar surface area (TPSA) is 54.5 Å². The van der Waals surface area contributed by atoms with Crippen LogP contribution >= 0.6 is 0 Å². The van der Waals surface area contributed by atoms with Crippen molar-refractivity contribution >= 4 is 5.91 Å². The highest BCUT2D eigenvalue weighted by molar-refractivity contribution is 5.79. The first-order valence-electron chi connectivity index (χ1n) is 9.50. The highest BCUT2D eigenvalue weighted by Gasteiger charge is 2.31. The minimum atomic E-state index is -4.39. The van der Waals surface area contributed by atoms with E-state index < -0.39 is 11.7 Å². The van der Waals surface area contributed by atoms with Crippen molar-refractivity contribution in [3.8, 4) is 5.88 Å². The molecule has 0 spiro atoms. The Bertz CT molecular complexity index is 628. The molecule has 1 atom stereocenters. The molecule has 1 aliphatic carbocycles. The van der Waals surface area contributed by atoms with Crippen molar-refractivity contribution in [2.24, 2.45) is 5.92 Å². The molecule has 1 aromatic rings. The van der Waals surface area contributed by atoms with Gasteiger partial charge in [0.1, 0.15) is 6.10 Å². The van der Waals surface area contributed by atoms with Gasteiger partial charge < -0.3 is 15.0 Å². The Labute approximate surface area is 157 Å². The predicted molar refractivity (Wildman–Crippen MR) is 94.3 cm³/mol. The molecule has 5 nitrogen and oxygen atoms in total. The second-order valence-electron chi connectivity index (χ2n) is 7.58. The molecule has 2 heterocycles. The third-order valence-corrected chi connectivity index (χ3v) is 5.37. The van der Waals surface area contributed by atoms with Gasteiger partial charge in [0.15, 0.2) is 0 Å². The molecule has 3 rings (SSSR count). The number of hydrogen-bond donors (Lipinski definition) is 1. The molecule has 2 fully saturated rings. The minimum Gasteiger partial charge on any atom is -0.474 e. The predicted octanol–water partition coefficient (Wildman–Crippen LogP) is 3.25. The van der Waals surface area contributed by atoms with Crippen LogP contribution in [-0.2, 0) is 11.0 Å². The zero-order chi connectivity index (χ0) is 19.4. The number of pyridine rings is 1. The Morgan fingerprint density at radius 1 is 1.22 bits per heavy atom. The zero-order valence-corrected chi connectivity index (χ0v) is 15.5. The number of likely N-dealkylation sites (tertiary alicyclic amines) is 1. The van der Waals surface area contributed by atoms with Crippen LogP contribution in [0.3, 0.4) is 0 Å². The summed E-state index contributed by atoms with van der Waals surface area (Å²) in [6, 6.07) is 2.39. The summed E-state index contributed by atoms with van der Waals surface area (Å²) >= 11 is 0. The van der Waals surface area contributed by atoms with Gasteiger partial charge in [0.2, 0.25) is 11.8 Å². The third kappa shape index (κ3) is 5.57. The number of nitrogens with zero attached hydrogens (tertiary/aromatic N) is 2. The molecule has 1 amide bonds. The van der Waals surface area contributed by atoms with Crippen molar-refractivity contribution in [1.82, 2.24) is 15.2 Å². The van der Waals surface area contributed by atoms with Crippen LogP contribution < -0.4 is 10.1 Å². The van der Waals surface area contributed by atoms with Crippen molar-refractivity contribution in [1.29, 1.82) is 0 Å². The second-order valence-corrected chi connectivity index (χ2v) is 7.58. The summed E-state index contributed by atoms with van der Waals surface area (Å²) in [4.78, 5) is 18.4. The molecule has 0 aromatic carbocycles. The summed E-state index contributed by atoms with van der Waals surface area (Å²) < 4.78 is 43.4. The number of nitrogens with one attached hydrogen (secondary N) is 1. The fourth-order valence-electron chi connectivity index (χ4n) is 3.81. The molecule has 1 aromatic heterocycles. The molecule has 27 heavy (non-hydrogen) atoms. The highest BCUT2D eigenvalue weighted by Crippen LogP contribution is 2.30. The number of aromatic nitrogens is 1. The molecule has 2 aliphatic rings. The first kappa shape index (κ1) is 19.9. The smallest absolute Gasteiger partial charge is 0.417 e. The van der Waals surface area contributed by atoms with Gasteiger partial charge in [-0.3, -0.25) is 4.79 Å². The lowest BCUT2D eigenvalue weighted by atomic mass is 9.91. The maximum atomic E-state index is 12.6. The summed E-state index contributed by atoms with van der Waals surface area (Å²) in [6.07, 6.45) is 1.42. The maximum absolute atomic E-state index is 12.6. The molecular weight excluding hydrogens is 359 g/mol. The van der Waals surface area contributed by atoms with E-state index in [0.717, 1.165) is 63.9 Å². The summed E-state index contributed by atoms with van der Waals surface area (Å²) in [6.45, 7) is 1.86. The Morgan fingerprint density at radius 3 is 2.56 bits per heavy atom. The molecular formula is C19H26F3N3O2. The average molecular weight is 385 g/mol. The number of piperidine rings is 1. The van der Waals surface area contributed by atoms with E-state index in [1.54, 1.807) is 0 Å². The second kappa shape index (κ2) is 8.46. The van der Waals surface area contributed by atoms with E-state index in [2.05, 4.69) is 15.2 Å². The summed E-state index contributed by atoms with van der Waals surface area (Å²) in [5.41, 5.74) is -0.783. The number of ether oxygens (including phenoxy) is 1. The SMILES string of the molecule is CN1CCCC(C(=O)NC2CCC(Oc3ccc(C(F)(F)F)cn3)CC2)C1. The Kier molecular flexibility index (Phi) is 6.24. The van der Waals surface area contributed by atoms with Gasteiger partial charge in [-0.05, 0) is 58.2 Å². The van der Waals surface area contributed by atoms with E-state index in [9.17, 15) is 18.0 Å². The van der Waals surface area contributed by atoms with Crippen LogP contribution in [0.1, 0.15) is 44.1 Å². The molecule has 0 radical (unpaired) electrons. The van der Waals surface area contributed by atoms with Crippen LogP contribution in [0.25, 0.3) is 0 Å². The van der Waals surface area contributed by atoms with Crippen molar-refractivity contribution in [3.63, 3.8) is 0 Å². The van der Waals surface area contributed by atoms with Crippen LogP contribution in [0.15, 0.2) is 18.3 Å². The summed E-state index contributed by atoms with van der Waals surface area (Å²) in [5.74, 6) is 0.408. The van der Waals surface area contributed by atoms with E-state index in [-0.39, 0.29) is 29.9 Å². The lowest BCUT2D eigenvalue weighted by Crippen LogP contribution is -2.46. The number of carbonyl (C=O) groups is 1. The van der Waals surface area contributed by atoms with Gasteiger partial charge in [0, 0.05) is 24.8 Å². The van der Waals surface area contributed by atoms with Crippen LogP contribution in [0, 0.1) is 5.92 Å². The molecule has 1 saturated heterocycles. The molecule has 1 N–H and O–H groups in total. The zero-order valence-electron chi connectivity index (χ0n) is 15.5. The van der Waals surface area contributed by atoms with Crippen molar-refractivity contribution in [3.05, 3.63) is 23.9 Å². The minimum absolute atomic E-state index is 0.0640. The van der Waals surface area contributed by atoms with Gasteiger partial charge in [-0.1, -0.05) is 0 Å². The van der Waals surface area contributed by atoms with E-state index in [1.807, 2.05) is 7.05 Å². The molecule has 1 saturated carbocycles. The number of carbonyl (C=O) groups excluding carboxylic acids is 1. The first-order valence-corrected chi connectivity index (χ1v) is 9.50. The van der Waals surface area contributed by atoms with Gasteiger partial charge in [0.05, 0.1) is 11.5 Å². The lowest BCUT2D eigenvalue weighted by molar-refractivity contribution is -0.137. The summed E-state index contributed by atoms with van der Waals surface area (Å²) in [5, 5.41) is 3.16. The van der Waals surface area contributed by atoms with E-state index in [1.165, 1.54) is 6.07 Å². The van der Waals surface area contributed by atoms with E-state index in [0.29, 0.717) is 0 Å². The van der Waals surface area contributed by atoms with E-state index in [4.69, 9.17) is 4.74 Å². The first-order chi connectivity index (χ1) is 12.8. The van der Waals surface area contributed by atoms with Crippen LogP contribution in [0.4, 0.5) is 13.2 Å². The number of halogens is 3. The third-order valence-electron chi connectivity index (χ3n) is 5.37. The Hall–Kier alpha value is -1.83. The van der Waals surface area contributed by atoms with Gasteiger partial charge in [-0.2, -0.15) is 13.2 Å². The number of amides is 1. The van der Waals surface area contributed by atoms with Crippen LogP contribution in [-0.4, -0.2) is 48.1 Å². The molecule has 0 bridgehead atoms. The van der Waals surface area contributed by atoms with Crippen molar-refractivity contribution in [2.45, 2.75) is 56.8 Å². The maximum Gasteiger partial charge on any atom is 0.417 e. The highest BCUT2D eigenvalue weighted by atomic mass is 19.4. The molecule has 150 valence electrons. The Morgan fingerprint density at radius 2 is 1.96 bits per heavy atom. The fourth-order valence-corrected chi connectivity index (χ4v) is 3.81. The number of hydrogen-bond acceptors (Lipinski definition) is 4. The molecule has 1 aliphatic heterocycles. The largest absolute Gasteiger partial charge is 0.474 e. The average Bonchev–Trinajstić information content (AvgIpc) is 2.63. The molecule has 1 unspecified atom stereocenters. The summed E-state index contributed by atoms with van der Waals surface area (Å²) in [7, 11) is 2.04. The van der Waals surface area contributed by atoms with Crippen LogP contribution in [0.2, 0.25) is 0 Å². The number of alkyl halides is 3. The van der Waals surface area contributed by atoms with E-state index >= 15 is 0 Å². The number of rotatable bonds is 4. The van der Waals surface area contributed by atoms with Gasteiger partial charge >= 0.3 is 6.18 Å². The standard InChI is InChI=1S/C19H26F3N3O2/c1-25-10-2-3-13(12-25)18(26)24-15-5-7-16(8-6-15)27-17-9-4-14(11-23-17)19(20,21)22/h4,9,11,13,15-16H,2-3,5-8,10,12H2,1H3,(H,24,26). The van der Waals surface area contributed by atoms with Gasteiger partial charge in [-0.25, -0.2) is 4.98 Å². The molecule has 8 heteroatoms. The van der Waals surface area contributed by atoms with Crippen molar-refractivity contribution < 1.29 is 22.7 Å². The van der Waals surface area contributed by atoms with Crippen LogP contribution in [0.5, 0.6) is 5.88 Å². The van der Waals surface area contributed by atoms with Crippen molar-refractivity contribution in [2.75, 3.05) is 20.1 Å². The van der Waals surface area contributed by atoms with Gasteiger partial charge in [0.25, 0.3) is 0 Å². The quantitative estimate of drug-likeness (QED) is 0.865. The monoisotopic (exact) mass is 385 g/mol. The fraction of sp³-hybridized carbons (Fsp3) is 0.684. The van der Waals surface area contributed by atoms with Gasteiger partial charge in [-0.15, -0.1) is 0 Å².